The molecule has 0 spiro atoms. The first kappa shape index (κ1) is 16.6. The number of anilines is 1. The first-order valence-electron chi connectivity index (χ1n) is 8.72. The van der Waals surface area contributed by atoms with E-state index in [0.717, 1.165) is 11.1 Å². The lowest BCUT2D eigenvalue weighted by atomic mass is 10.0. The van der Waals surface area contributed by atoms with E-state index in [1.165, 1.54) is 4.80 Å². The van der Waals surface area contributed by atoms with Crippen LogP contribution in [0.1, 0.15) is 0 Å². The first-order chi connectivity index (χ1) is 13.6. The first-order valence-corrected chi connectivity index (χ1v) is 8.72. The lowest BCUT2D eigenvalue weighted by molar-refractivity contribution is 0.0734. The van der Waals surface area contributed by atoms with Gasteiger partial charge in [-0.15, -0.1) is 10.2 Å². The van der Waals surface area contributed by atoms with Crippen molar-refractivity contribution >= 4 is 11.8 Å². The molecule has 1 aromatic carbocycles. The summed E-state index contributed by atoms with van der Waals surface area (Å²) in [6, 6.07) is 8.99. The second kappa shape index (κ2) is 6.27. The molecular formula is C18H16N6O4. The van der Waals surface area contributed by atoms with Gasteiger partial charge in [-0.2, -0.15) is 4.80 Å². The Morgan fingerprint density at radius 2 is 2.11 bits per heavy atom. The molecule has 142 valence electrons. The molecule has 1 fully saturated rings. The molecule has 2 atom stereocenters. The normalized spacial score (nSPS) is 20.4. The number of tetrazole rings is 1. The summed E-state index contributed by atoms with van der Waals surface area (Å²) in [6.45, 7) is 0.0330. The van der Waals surface area contributed by atoms with Crippen molar-refractivity contribution in [3.05, 3.63) is 36.5 Å². The molecule has 2 aliphatic heterocycles. The van der Waals surface area contributed by atoms with Crippen LogP contribution in [0.4, 0.5) is 10.5 Å². The van der Waals surface area contributed by atoms with Crippen LogP contribution >= 0.6 is 0 Å². The number of ether oxygens (including phenoxy) is 2. The molecule has 10 nitrogen and oxygen atoms in total. The molecule has 10 heteroatoms. The van der Waals surface area contributed by atoms with Gasteiger partial charge in [-0.05, 0) is 29.0 Å². The molecule has 2 aliphatic rings. The maximum atomic E-state index is 12.2. The third kappa shape index (κ3) is 2.57. The summed E-state index contributed by atoms with van der Waals surface area (Å²) in [5.74, 6) is 1.05. The summed E-state index contributed by atoms with van der Waals surface area (Å²) in [7, 11) is 1.70. The SMILES string of the molecule is Cn1nnc(-c2ccc(-c3ccc4c(c3)OCC3C(CO)OC(=O)N43)cn2)n1. The third-order valence-corrected chi connectivity index (χ3v) is 4.85. The third-order valence-electron chi connectivity index (χ3n) is 4.85. The van der Waals surface area contributed by atoms with E-state index in [1.54, 1.807) is 18.1 Å². The summed E-state index contributed by atoms with van der Waals surface area (Å²) < 4.78 is 11.1. The van der Waals surface area contributed by atoms with Crippen molar-refractivity contribution in [1.29, 1.82) is 0 Å². The molecule has 0 radical (unpaired) electrons. The van der Waals surface area contributed by atoms with E-state index in [-0.39, 0.29) is 19.3 Å². The zero-order valence-corrected chi connectivity index (χ0v) is 14.9. The molecule has 1 saturated heterocycles. The second-order valence-corrected chi connectivity index (χ2v) is 6.57. The number of aliphatic hydroxyl groups excluding tert-OH is 1. The smallest absolute Gasteiger partial charge is 0.415 e. The highest BCUT2D eigenvalue weighted by atomic mass is 16.6. The Balaban J connectivity index is 1.45. The zero-order chi connectivity index (χ0) is 19.3. The van der Waals surface area contributed by atoms with Crippen LogP contribution in [0.15, 0.2) is 36.5 Å². The van der Waals surface area contributed by atoms with Gasteiger partial charge < -0.3 is 14.6 Å². The number of cyclic esters (lactones) is 1. The van der Waals surface area contributed by atoms with Crippen LogP contribution in [0.5, 0.6) is 5.75 Å². The van der Waals surface area contributed by atoms with Gasteiger partial charge in [0.2, 0.25) is 5.82 Å². The summed E-state index contributed by atoms with van der Waals surface area (Å²) in [6.07, 6.45) is 0.681. The van der Waals surface area contributed by atoms with E-state index < -0.39 is 12.2 Å². The van der Waals surface area contributed by atoms with Crippen LogP contribution in [0.3, 0.4) is 0 Å². The number of nitrogens with zero attached hydrogens (tertiary/aromatic N) is 6. The average Bonchev–Trinajstić information content (AvgIpc) is 3.31. The number of aliphatic hydroxyl groups is 1. The Labute approximate surface area is 159 Å². The van der Waals surface area contributed by atoms with Gasteiger partial charge in [-0.25, -0.2) is 4.79 Å². The lowest BCUT2D eigenvalue weighted by Crippen LogP contribution is -2.45. The topological polar surface area (TPSA) is 115 Å². The number of hydrogen-bond acceptors (Lipinski definition) is 8. The van der Waals surface area contributed by atoms with Crippen molar-refractivity contribution in [2.24, 2.45) is 7.05 Å². The number of carbonyl (C=O) groups is 1. The van der Waals surface area contributed by atoms with Crippen LogP contribution in [0.25, 0.3) is 22.6 Å². The van der Waals surface area contributed by atoms with Gasteiger partial charge in [-0.1, -0.05) is 12.1 Å². The van der Waals surface area contributed by atoms with Crippen molar-refractivity contribution in [2.75, 3.05) is 18.1 Å². The van der Waals surface area contributed by atoms with Gasteiger partial charge in [-0.3, -0.25) is 9.88 Å². The fourth-order valence-corrected chi connectivity index (χ4v) is 3.45. The van der Waals surface area contributed by atoms with E-state index in [9.17, 15) is 9.90 Å². The molecule has 1 amide bonds. The summed E-state index contributed by atoms with van der Waals surface area (Å²) in [4.78, 5) is 19.5. The molecule has 5 rings (SSSR count). The van der Waals surface area contributed by atoms with Crippen molar-refractivity contribution in [3.8, 4) is 28.4 Å². The number of rotatable bonds is 3. The predicted octanol–water partition coefficient (Wildman–Crippen LogP) is 1.02. The number of fused-ring (bicyclic) bond motifs is 3. The fourth-order valence-electron chi connectivity index (χ4n) is 3.45. The Bertz CT molecular complexity index is 1050. The van der Waals surface area contributed by atoms with E-state index in [2.05, 4.69) is 20.4 Å². The number of pyridine rings is 1. The number of aryl methyl sites for hydroxylation is 1. The largest absolute Gasteiger partial charge is 0.489 e. The molecule has 3 aromatic rings. The number of amides is 1. The molecule has 0 aliphatic carbocycles. The Morgan fingerprint density at radius 1 is 1.25 bits per heavy atom. The number of carbonyl (C=O) groups excluding carboxylic acids is 1. The second-order valence-electron chi connectivity index (χ2n) is 6.57. The van der Waals surface area contributed by atoms with Crippen LogP contribution in [-0.2, 0) is 11.8 Å². The standard InChI is InChI=1S/C18H16N6O4/c1-23-21-17(20-22-23)12-4-2-11(7-19-12)10-3-5-13-15(6-10)27-9-14-16(8-25)28-18(26)24(13)14/h2-7,14,16,25H,8-9H2,1H3. The minimum Gasteiger partial charge on any atom is -0.489 e. The number of hydrogen-bond donors (Lipinski definition) is 1. The lowest BCUT2D eigenvalue weighted by Gasteiger charge is -2.31. The van der Waals surface area contributed by atoms with E-state index in [0.29, 0.717) is 23.0 Å². The summed E-state index contributed by atoms with van der Waals surface area (Å²) >= 11 is 0. The van der Waals surface area contributed by atoms with Crippen molar-refractivity contribution in [1.82, 2.24) is 25.2 Å². The minimum absolute atomic E-state index is 0.234. The Kier molecular flexibility index (Phi) is 3.72. The molecule has 0 saturated carbocycles. The summed E-state index contributed by atoms with van der Waals surface area (Å²) in [5.41, 5.74) is 3.05. The molecule has 28 heavy (non-hydrogen) atoms. The maximum absolute atomic E-state index is 12.2. The van der Waals surface area contributed by atoms with Gasteiger partial charge in [0.1, 0.15) is 24.1 Å². The Morgan fingerprint density at radius 3 is 2.82 bits per heavy atom. The van der Waals surface area contributed by atoms with Crippen molar-refractivity contribution in [2.45, 2.75) is 12.1 Å². The summed E-state index contributed by atoms with van der Waals surface area (Å²) in [5, 5.41) is 21.3. The quantitative estimate of drug-likeness (QED) is 0.716. The predicted molar refractivity (Wildman–Crippen MR) is 96.6 cm³/mol. The number of aromatic nitrogens is 5. The molecule has 2 aromatic heterocycles. The zero-order valence-electron chi connectivity index (χ0n) is 14.9. The van der Waals surface area contributed by atoms with Crippen LogP contribution in [-0.4, -0.2) is 61.8 Å². The number of benzene rings is 1. The van der Waals surface area contributed by atoms with E-state index >= 15 is 0 Å². The highest BCUT2D eigenvalue weighted by molar-refractivity contribution is 5.94. The molecular weight excluding hydrogens is 364 g/mol. The van der Waals surface area contributed by atoms with Gasteiger partial charge in [0.15, 0.2) is 6.10 Å². The fraction of sp³-hybridized carbons (Fsp3) is 0.278. The average molecular weight is 380 g/mol. The minimum atomic E-state index is -0.577. The van der Waals surface area contributed by atoms with Gasteiger partial charge in [0.05, 0.1) is 19.3 Å². The Hall–Kier alpha value is -3.53. The van der Waals surface area contributed by atoms with Gasteiger partial charge in [0.25, 0.3) is 0 Å². The van der Waals surface area contributed by atoms with E-state index in [4.69, 9.17) is 9.47 Å². The van der Waals surface area contributed by atoms with Gasteiger partial charge >= 0.3 is 6.09 Å². The monoisotopic (exact) mass is 380 g/mol. The highest BCUT2D eigenvalue weighted by Gasteiger charge is 2.46. The van der Waals surface area contributed by atoms with Crippen LogP contribution in [0, 0.1) is 0 Å². The van der Waals surface area contributed by atoms with Gasteiger partial charge in [0, 0.05) is 11.8 Å². The van der Waals surface area contributed by atoms with Crippen molar-refractivity contribution < 1.29 is 19.4 Å². The maximum Gasteiger partial charge on any atom is 0.415 e. The van der Waals surface area contributed by atoms with Crippen molar-refractivity contribution in [3.63, 3.8) is 0 Å². The molecule has 4 heterocycles. The van der Waals surface area contributed by atoms with Crippen LogP contribution in [0.2, 0.25) is 0 Å². The molecule has 0 bridgehead atoms. The highest BCUT2D eigenvalue weighted by Crippen LogP contribution is 2.40. The molecule has 2 unspecified atom stereocenters. The van der Waals surface area contributed by atoms with E-state index in [1.807, 2.05) is 30.3 Å². The van der Waals surface area contributed by atoms with Crippen LogP contribution < -0.4 is 9.64 Å². The molecule has 1 N–H and O–H groups in total.